The van der Waals surface area contributed by atoms with Crippen molar-refractivity contribution >= 4 is 9.84 Å². The molecule has 2 atom stereocenters. The number of hydrogen-bond donors (Lipinski definition) is 0. The molecule has 1 aliphatic rings. The fraction of sp³-hybridized carbons (Fsp3) is 0.515. The average molecular weight is 571 g/mol. The smallest absolute Gasteiger partial charge is 0.189 e. The summed E-state index contributed by atoms with van der Waals surface area (Å²) in [5.41, 5.74) is 5.06. The van der Waals surface area contributed by atoms with E-state index in [0.29, 0.717) is 24.5 Å². The van der Waals surface area contributed by atoms with Gasteiger partial charge in [-0.2, -0.15) is 0 Å². The largest absolute Gasteiger partial charge is 0.487 e. The van der Waals surface area contributed by atoms with Gasteiger partial charge in [-0.05, 0) is 109 Å². The number of methoxy groups -OCH3 is 1. The molecule has 2 aromatic carbocycles. The highest BCUT2D eigenvalue weighted by atomic mass is 32.2. The van der Waals surface area contributed by atoms with Crippen LogP contribution < -0.4 is 9.47 Å². The summed E-state index contributed by atoms with van der Waals surface area (Å²) in [6, 6.07) is 9.18. The molecule has 0 spiro atoms. The second-order valence-corrected chi connectivity index (χ2v) is 13.4. The van der Waals surface area contributed by atoms with Gasteiger partial charge in [0.2, 0.25) is 0 Å². The maximum atomic E-state index is 13.3. The van der Waals surface area contributed by atoms with Crippen molar-refractivity contribution in [3.8, 4) is 11.5 Å². The predicted octanol–water partition coefficient (Wildman–Crippen LogP) is 7.23. The molecule has 0 saturated carbocycles. The first-order valence-corrected chi connectivity index (χ1v) is 15.6. The van der Waals surface area contributed by atoms with Gasteiger partial charge in [0, 0.05) is 7.11 Å². The number of allylic oxidation sites excluding steroid dienone is 3. The highest BCUT2D eigenvalue weighted by molar-refractivity contribution is 7.92. The first-order chi connectivity index (χ1) is 19.0. The number of ether oxygens (including phenoxy) is 4. The molecule has 2 unspecified atom stereocenters. The highest BCUT2D eigenvalue weighted by Crippen LogP contribution is 2.42. The third kappa shape index (κ3) is 8.45. The summed E-state index contributed by atoms with van der Waals surface area (Å²) in [4.78, 5) is 0.369. The summed E-state index contributed by atoms with van der Waals surface area (Å²) in [6.45, 7) is 13.4. The number of hydrogen-bond acceptors (Lipinski definition) is 6. The van der Waals surface area contributed by atoms with E-state index in [4.69, 9.17) is 18.9 Å². The lowest BCUT2D eigenvalue weighted by atomic mass is 9.87. The van der Waals surface area contributed by atoms with Crippen LogP contribution in [0.4, 0.5) is 0 Å². The summed E-state index contributed by atoms with van der Waals surface area (Å²) >= 11 is 0. The van der Waals surface area contributed by atoms with Gasteiger partial charge in [0.15, 0.2) is 16.6 Å². The quantitative estimate of drug-likeness (QED) is 0.136. The van der Waals surface area contributed by atoms with E-state index in [2.05, 4.69) is 26.0 Å². The summed E-state index contributed by atoms with van der Waals surface area (Å²) in [5.74, 6) is 1.78. The summed E-state index contributed by atoms with van der Waals surface area (Å²) in [6.07, 6.45) is 9.89. The number of benzene rings is 2. The van der Waals surface area contributed by atoms with E-state index in [0.717, 1.165) is 65.0 Å². The molecule has 0 aromatic heterocycles. The first kappa shape index (κ1) is 31.9. The van der Waals surface area contributed by atoms with Crippen molar-refractivity contribution < 1.29 is 27.4 Å². The van der Waals surface area contributed by atoms with Crippen LogP contribution in [0.5, 0.6) is 11.5 Å². The van der Waals surface area contributed by atoms with E-state index in [-0.39, 0.29) is 12.4 Å². The number of sulfone groups is 1. The Bertz CT molecular complexity index is 1290. The molecule has 2 aromatic rings. The van der Waals surface area contributed by atoms with Gasteiger partial charge in [-0.25, -0.2) is 8.42 Å². The predicted molar refractivity (Wildman–Crippen MR) is 161 cm³/mol. The van der Waals surface area contributed by atoms with Gasteiger partial charge < -0.3 is 18.9 Å². The standard InChI is InChI=1S/C33H46O6S/c1-24(2)21-30(40(34,35)29-14-12-25(3)13-15-29)11-9-8-10-17-33(6)18-16-28-22-31(38-23-37-20-19-36-7)26(4)27(5)32(28)39-33/h8-9,12-15,21-22,30H,10-11,16-20,23H2,1-7H3/b9-8+. The molecule has 0 bridgehead atoms. The molecule has 0 aliphatic carbocycles. The second kappa shape index (κ2) is 14.3. The van der Waals surface area contributed by atoms with Crippen molar-refractivity contribution in [2.45, 2.75) is 89.4 Å². The molecule has 7 heteroatoms. The molecular formula is C33H46O6S. The molecule has 0 saturated heterocycles. The van der Waals surface area contributed by atoms with E-state index in [1.165, 1.54) is 0 Å². The molecule has 0 N–H and O–H groups in total. The van der Waals surface area contributed by atoms with Gasteiger partial charge in [-0.3, -0.25) is 0 Å². The molecule has 40 heavy (non-hydrogen) atoms. The maximum Gasteiger partial charge on any atom is 0.189 e. The van der Waals surface area contributed by atoms with Crippen LogP contribution in [0.15, 0.2) is 59.0 Å². The van der Waals surface area contributed by atoms with Crippen molar-refractivity contribution in [3.05, 3.63) is 76.4 Å². The number of fused-ring (bicyclic) bond motifs is 1. The lowest BCUT2D eigenvalue weighted by Gasteiger charge is -2.37. The fourth-order valence-corrected chi connectivity index (χ4v) is 6.56. The van der Waals surface area contributed by atoms with Crippen molar-refractivity contribution in [1.29, 1.82) is 0 Å². The third-order valence-electron chi connectivity index (χ3n) is 7.51. The summed E-state index contributed by atoms with van der Waals surface area (Å²) < 4.78 is 49.6. The zero-order valence-corrected chi connectivity index (χ0v) is 26.0. The molecule has 1 heterocycles. The Morgan fingerprint density at radius 3 is 2.48 bits per heavy atom. The molecular weight excluding hydrogens is 524 g/mol. The van der Waals surface area contributed by atoms with Gasteiger partial charge in [0.05, 0.1) is 23.4 Å². The van der Waals surface area contributed by atoms with Crippen molar-refractivity contribution in [3.63, 3.8) is 0 Å². The van der Waals surface area contributed by atoms with Crippen molar-refractivity contribution in [2.75, 3.05) is 27.1 Å². The van der Waals surface area contributed by atoms with Crippen LogP contribution in [-0.4, -0.2) is 46.4 Å². The van der Waals surface area contributed by atoms with Crippen LogP contribution >= 0.6 is 0 Å². The minimum absolute atomic E-state index is 0.189. The van der Waals surface area contributed by atoms with Gasteiger partial charge in [0.25, 0.3) is 0 Å². The zero-order valence-electron chi connectivity index (χ0n) is 25.2. The van der Waals surface area contributed by atoms with E-state index in [9.17, 15) is 8.42 Å². The molecule has 220 valence electrons. The van der Waals surface area contributed by atoms with Crippen molar-refractivity contribution in [1.82, 2.24) is 0 Å². The topological polar surface area (TPSA) is 71.1 Å². The van der Waals surface area contributed by atoms with Gasteiger partial charge >= 0.3 is 0 Å². The summed E-state index contributed by atoms with van der Waals surface area (Å²) in [5, 5.41) is -0.586. The Hall–Kier alpha value is -2.61. The number of rotatable bonds is 14. The van der Waals surface area contributed by atoms with Crippen LogP contribution in [0.1, 0.15) is 68.7 Å². The Balaban J connectivity index is 1.61. The molecule has 0 amide bonds. The van der Waals surface area contributed by atoms with Crippen molar-refractivity contribution in [2.24, 2.45) is 0 Å². The first-order valence-electron chi connectivity index (χ1n) is 14.1. The van der Waals surface area contributed by atoms with E-state index in [1.54, 1.807) is 19.2 Å². The number of aryl methyl sites for hydroxylation is 2. The van der Waals surface area contributed by atoms with Gasteiger partial charge in [0.1, 0.15) is 17.1 Å². The molecule has 6 nitrogen and oxygen atoms in total. The Morgan fingerprint density at radius 2 is 1.80 bits per heavy atom. The molecule has 0 fully saturated rings. The average Bonchev–Trinajstić information content (AvgIpc) is 2.91. The van der Waals surface area contributed by atoms with Crippen LogP contribution in [0.2, 0.25) is 0 Å². The van der Waals surface area contributed by atoms with Crippen LogP contribution in [0.25, 0.3) is 0 Å². The van der Waals surface area contributed by atoms with Crippen LogP contribution in [0, 0.1) is 20.8 Å². The van der Waals surface area contributed by atoms with E-state index in [1.807, 2.05) is 52.0 Å². The summed E-state index contributed by atoms with van der Waals surface area (Å²) in [7, 11) is -1.82. The molecule has 0 radical (unpaired) electrons. The van der Waals surface area contributed by atoms with E-state index < -0.39 is 15.1 Å². The van der Waals surface area contributed by atoms with Crippen LogP contribution in [0.3, 0.4) is 0 Å². The van der Waals surface area contributed by atoms with Gasteiger partial charge in [-0.15, -0.1) is 0 Å². The van der Waals surface area contributed by atoms with E-state index >= 15 is 0 Å². The lowest BCUT2D eigenvalue weighted by molar-refractivity contribution is -0.00904. The molecule has 1 aliphatic heterocycles. The monoisotopic (exact) mass is 570 g/mol. The minimum atomic E-state index is -3.46. The third-order valence-corrected chi connectivity index (χ3v) is 9.57. The normalized spacial score (nSPS) is 17.8. The molecule has 3 rings (SSSR count). The second-order valence-electron chi connectivity index (χ2n) is 11.2. The fourth-order valence-electron chi connectivity index (χ4n) is 4.88. The zero-order chi connectivity index (χ0) is 29.3. The lowest BCUT2D eigenvalue weighted by Crippen LogP contribution is -2.36. The Kier molecular flexibility index (Phi) is 11.4. The maximum absolute atomic E-state index is 13.3. The van der Waals surface area contributed by atoms with Crippen LogP contribution in [-0.2, 0) is 25.7 Å². The minimum Gasteiger partial charge on any atom is -0.487 e. The Morgan fingerprint density at radius 1 is 1.07 bits per heavy atom. The van der Waals surface area contributed by atoms with Gasteiger partial charge in [-0.1, -0.05) is 41.5 Å². The highest BCUT2D eigenvalue weighted by Gasteiger charge is 2.33. The Labute approximate surface area is 241 Å². The SMILES string of the molecule is COCCOCOc1cc2c(c(C)c1C)OC(C)(CC/C=C/CC(C=C(C)C)S(=O)(=O)c1ccc(C)cc1)CC2.